The van der Waals surface area contributed by atoms with Crippen molar-refractivity contribution in [2.45, 2.75) is 32.4 Å². The number of carbonyl (C=O) groups excluding carboxylic acids is 3. The molecule has 1 fully saturated rings. The third-order valence-electron chi connectivity index (χ3n) is 4.52. The van der Waals surface area contributed by atoms with Crippen molar-refractivity contribution in [3.05, 3.63) is 29.8 Å². The molecule has 130 valence electrons. The molecule has 0 bridgehead atoms. The maximum atomic E-state index is 13.1. The molecule has 0 aromatic heterocycles. The molecule has 1 atom stereocenters. The van der Waals surface area contributed by atoms with E-state index in [1.54, 1.807) is 30.3 Å². The standard InChI is InChI=1S/C18H19N3O4/c1-12(2)11-20-16(23)13-5-3-4-6-14(13)21-15(22)7-8-18(20,21)17(24)25-10-9-19/h3-6,12H,7-8,10-11H2,1-2H3/t18-/m0/s1. The van der Waals surface area contributed by atoms with E-state index in [4.69, 9.17) is 10.00 Å². The highest BCUT2D eigenvalue weighted by Crippen LogP contribution is 2.45. The van der Waals surface area contributed by atoms with Gasteiger partial charge in [0.25, 0.3) is 5.91 Å². The maximum absolute atomic E-state index is 13.1. The lowest BCUT2D eigenvalue weighted by molar-refractivity contribution is -0.156. The fourth-order valence-electron chi connectivity index (χ4n) is 3.58. The van der Waals surface area contributed by atoms with Crippen LogP contribution in [0.2, 0.25) is 0 Å². The summed E-state index contributed by atoms with van der Waals surface area (Å²) >= 11 is 0. The van der Waals surface area contributed by atoms with Crippen LogP contribution < -0.4 is 4.90 Å². The molecule has 3 rings (SSSR count). The number of fused-ring (bicyclic) bond motifs is 3. The van der Waals surface area contributed by atoms with Crippen LogP contribution in [0.5, 0.6) is 0 Å². The number of hydrogen-bond donors (Lipinski definition) is 0. The SMILES string of the molecule is CC(C)CN1C(=O)c2ccccc2N2C(=O)CC[C@]12C(=O)OCC#N. The number of esters is 1. The predicted molar refractivity (Wildman–Crippen MR) is 88.3 cm³/mol. The molecular weight excluding hydrogens is 322 g/mol. The minimum absolute atomic E-state index is 0.0902. The van der Waals surface area contributed by atoms with E-state index in [0.29, 0.717) is 17.8 Å². The molecule has 0 radical (unpaired) electrons. The highest BCUT2D eigenvalue weighted by atomic mass is 16.5. The molecule has 0 N–H and O–H groups in total. The first-order valence-electron chi connectivity index (χ1n) is 8.21. The van der Waals surface area contributed by atoms with Gasteiger partial charge in [0, 0.05) is 19.4 Å². The fourth-order valence-corrected chi connectivity index (χ4v) is 3.58. The van der Waals surface area contributed by atoms with E-state index in [1.165, 1.54) is 9.80 Å². The smallest absolute Gasteiger partial charge is 0.354 e. The Morgan fingerprint density at radius 2 is 2.08 bits per heavy atom. The number of ether oxygens (including phenoxy) is 1. The number of nitriles is 1. The van der Waals surface area contributed by atoms with Gasteiger partial charge < -0.3 is 9.64 Å². The van der Waals surface area contributed by atoms with Gasteiger partial charge in [-0.3, -0.25) is 14.5 Å². The number of hydrogen-bond acceptors (Lipinski definition) is 5. The van der Waals surface area contributed by atoms with E-state index in [1.807, 2.05) is 13.8 Å². The summed E-state index contributed by atoms with van der Waals surface area (Å²) < 4.78 is 5.07. The second-order valence-corrected chi connectivity index (χ2v) is 6.61. The van der Waals surface area contributed by atoms with Crippen LogP contribution in [0.15, 0.2) is 24.3 Å². The third-order valence-corrected chi connectivity index (χ3v) is 4.52. The molecule has 7 heteroatoms. The Kier molecular flexibility index (Phi) is 4.21. The van der Waals surface area contributed by atoms with Crippen LogP contribution in [-0.4, -0.2) is 41.5 Å². The van der Waals surface area contributed by atoms with Crippen LogP contribution in [0.4, 0.5) is 5.69 Å². The summed E-state index contributed by atoms with van der Waals surface area (Å²) in [5.41, 5.74) is -0.699. The minimum Gasteiger partial charge on any atom is -0.447 e. The number of amides is 2. The van der Waals surface area contributed by atoms with Crippen LogP contribution in [0, 0.1) is 17.2 Å². The maximum Gasteiger partial charge on any atom is 0.354 e. The van der Waals surface area contributed by atoms with Gasteiger partial charge in [-0.05, 0) is 18.1 Å². The summed E-state index contributed by atoms with van der Waals surface area (Å²) in [5.74, 6) is -1.18. The van der Waals surface area contributed by atoms with Gasteiger partial charge in [0.1, 0.15) is 6.07 Å². The first-order valence-corrected chi connectivity index (χ1v) is 8.21. The van der Waals surface area contributed by atoms with Crippen molar-refractivity contribution in [1.82, 2.24) is 4.90 Å². The molecule has 7 nitrogen and oxygen atoms in total. The molecule has 25 heavy (non-hydrogen) atoms. The number of anilines is 1. The number of rotatable bonds is 4. The Morgan fingerprint density at radius 3 is 2.76 bits per heavy atom. The third kappa shape index (κ3) is 2.45. The number of carbonyl (C=O) groups is 3. The summed E-state index contributed by atoms with van der Waals surface area (Å²) in [6, 6.07) is 8.53. The quantitative estimate of drug-likeness (QED) is 0.777. The Hall–Kier alpha value is -2.88. The van der Waals surface area contributed by atoms with Gasteiger partial charge in [-0.25, -0.2) is 4.79 Å². The Morgan fingerprint density at radius 1 is 1.36 bits per heavy atom. The number of para-hydroxylation sites is 1. The van der Waals surface area contributed by atoms with Gasteiger partial charge in [-0.1, -0.05) is 26.0 Å². The van der Waals surface area contributed by atoms with E-state index in [0.717, 1.165) is 0 Å². The summed E-state index contributed by atoms with van der Waals surface area (Å²) in [5, 5.41) is 8.74. The molecular formula is C18H19N3O4. The van der Waals surface area contributed by atoms with Crippen LogP contribution in [0.1, 0.15) is 37.0 Å². The van der Waals surface area contributed by atoms with Gasteiger partial charge in [-0.2, -0.15) is 5.26 Å². The highest BCUT2D eigenvalue weighted by molar-refractivity contribution is 6.15. The first kappa shape index (κ1) is 17.0. The van der Waals surface area contributed by atoms with Gasteiger partial charge in [-0.15, -0.1) is 0 Å². The van der Waals surface area contributed by atoms with Crippen molar-refractivity contribution in [3.8, 4) is 6.07 Å². The van der Waals surface area contributed by atoms with E-state index in [2.05, 4.69) is 0 Å². The van der Waals surface area contributed by atoms with Crippen LogP contribution in [0.25, 0.3) is 0 Å². The second kappa shape index (κ2) is 6.20. The van der Waals surface area contributed by atoms with Gasteiger partial charge >= 0.3 is 5.97 Å². The van der Waals surface area contributed by atoms with E-state index in [-0.39, 0.29) is 30.6 Å². The zero-order valence-corrected chi connectivity index (χ0v) is 14.2. The zero-order chi connectivity index (χ0) is 18.2. The zero-order valence-electron chi connectivity index (χ0n) is 14.2. The van der Waals surface area contributed by atoms with Crippen molar-refractivity contribution >= 4 is 23.5 Å². The highest BCUT2D eigenvalue weighted by Gasteiger charge is 2.61. The molecule has 2 aliphatic heterocycles. The first-order chi connectivity index (χ1) is 11.9. The Labute approximate surface area is 145 Å². The van der Waals surface area contributed by atoms with E-state index in [9.17, 15) is 14.4 Å². The minimum atomic E-state index is -1.51. The van der Waals surface area contributed by atoms with Crippen LogP contribution in [-0.2, 0) is 14.3 Å². The molecule has 2 heterocycles. The lowest BCUT2D eigenvalue weighted by Crippen LogP contribution is -2.69. The predicted octanol–water partition coefficient (Wildman–Crippen LogP) is 1.69. The average Bonchev–Trinajstić information content (AvgIpc) is 2.95. The Bertz CT molecular complexity index is 783. The summed E-state index contributed by atoms with van der Waals surface area (Å²) in [7, 11) is 0. The summed E-state index contributed by atoms with van der Waals surface area (Å²) in [4.78, 5) is 41.4. The van der Waals surface area contributed by atoms with E-state index < -0.39 is 18.2 Å². The lowest BCUT2D eigenvalue weighted by atomic mass is 9.95. The molecule has 1 aromatic carbocycles. The molecule has 0 unspecified atom stereocenters. The van der Waals surface area contributed by atoms with Gasteiger partial charge in [0.2, 0.25) is 11.6 Å². The van der Waals surface area contributed by atoms with E-state index >= 15 is 0 Å². The van der Waals surface area contributed by atoms with Gasteiger partial charge in [0.15, 0.2) is 6.61 Å². The average molecular weight is 341 g/mol. The number of nitrogens with zero attached hydrogens (tertiary/aromatic N) is 3. The Balaban J connectivity index is 2.19. The van der Waals surface area contributed by atoms with Crippen molar-refractivity contribution in [1.29, 1.82) is 5.26 Å². The van der Waals surface area contributed by atoms with Crippen molar-refractivity contribution < 1.29 is 19.1 Å². The molecule has 2 aliphatic rings. The second-order valence-electron chi connectivity index (χ2n) is 6.61. The molecule has 0 saturated carbocycles. The summed E-state index contributed by atoms with van der Waals surface area (Å²) in [6.45, 7) is 3.75. The lowest BCUT2D eigenvalue weighted by Gasteiger charge is -2.48. The van der Waals surface area contributed by atoms with Crippen molar-refractivity contribution in [3.63, 3.8) is 0 Å². The largest absolute Gasteiger partial charge is 0.447 e. The molecule has 0 aliphatic carbocycles. The monoisotopic (exact) mass is 341 g/mol. The van der Waals surface area contributed by atoms with Crippen molar-refractivity contribution in [2.75, 3.05) is 18.1 Å². The summed E-state index contributed by atoms with van der Waals surface area (Å²) in [6.07, 6.45) is 0.292. The fraction of sp³-hybridized carbons (Fsp3) is 0.444. The molecule has 1 aromatic rings. The normalized spacial score (nSPS) is 21.8. The van der Waals surface area contributed by atoms with Crippen molar-refractivity contribution in [2.24, 2.45) is 5.92 Å². The van der Waals surface area contributed by atoms with Crippen LogP contribution in [0.3, 0.4) is 0 Å². The molecule has 2 amide bonds. The number of benzene rings is 1. The van der Waals surface area contributed by atoms with Gasteiger partial charge in [0.05, 0.1) is 11.3 Å². The molecule has 1 saturated heterocycles. The topological polar surface area (TPSA) is 90.7 Å². The molecule has 0 spiro atoms. The van der Waals surface area contributed by atoms with Crippen LogP contribution >= 0.6 is 0 Å².